The average molecular weight is 265 g/mol. The number of rotatable bonds is 5. The summed E-state index contributed by atoms with van der Waals surface area (Å²) in [5, 5.41) is 9.06. The zero-order valence-electron chi connectivity index (χ0n) is 11.1. The number of hydrogen-bond acceptors (Lipinski definition) is 3. The molecule has 1 atom stereocenters. The summed E-state index contributed by atoms with van der Waals surface area (Å²) in [5.74, 6) is -0.0348. The Morgan fingerprint density at radius 3 is 3.00 bits per heavy atom. The maximum Gasteiger partial charge on any atom is 0.326 e. The number of aliphatic carboxylic acids is 1. The lowest BCUT2D eigenvalue weighted by atomic mass is 10.2. The van der Waals surface area contributed by atoms with Crippen molar-refractivity contribution in [3.8, 4) is 0 Å². The second kappa shape index (κ2) is 5.86. The summed E-state index contributed by atoms with van der Waals surface area (Å²) < 4.78 is 1.95. The van der Waals surface area contributed by atoms with Crippen molar-refractivity contribution >= 4 is 11.9 Å². The normalized spacial score (nSPS) is 18.8. The van der Waals surface area contributed by atoms with Crippen molar-refractivity contribution in [2.75, 3.05) is 6.54 Å². The lowest BCUT2D eigenvalue weighted by molar-refractivity contribution is -0.148. The van der Waals surface area contributed by atoms with E-state index in [0.717, 1.165) is 18.7 Å². The fourth-order valence-electron chi connectivity index (χ4n) is 2.54. The minimum Gasteiger partial charge on any atom is -0.480 e. The molecule has 6 nitrogen and oxygen atoms in total. The van der Waals surface area contributed by atoms with Crippen molar-refractivity contribution in [2.24, 2.45) is 0 Å². The Hall–Kier alpha value is -1.85. The van der Waals surface area contributed by atoms with Gasteiger partial charge in [-0.1, -0.05) is 6.92 Å². The molecule has 6 heteroatoms. The van der Waals surface area contributed by atoms with Crippen LogP contribution in [0, 0.1) is 0 Å². The molecule has 2 rings (SSSR count). The lowest BCUT2D eigenvalue weighted by Crippen LogP contribution is -2.40. The number of amides is 1. The Morgan fingerprint density at radius 2 is 2.32 bits per heavy atom. The Morgan fingerprint density at radius 1 is 1.53 bits per heavy atom. The molecule has 104 valence electrons. The van der Waals surface area contributed by atoms with Crippen LogP contribution >= 0.6 is 0 Å². The number of carboxylic acid groups (broad SMARTS) is 1. The van der Waals surface area contributed by atoms with Gasteiger partial charge in [0, 0.05) is 38.3 Å². The number of nitrogens with zero attached hydrogens (tertiary/aromatic N) is 3. The van der Waals surface area contributed by atoms with Crippen LogP contribution in [0.25, 0.3) is 0 Å². The van der Waals surface area contributed by atoms with Crippen molar-refractivity contribution in [2.45, 2.75) is 45.2 Å². The molecule has 0 saturated carbocycles. The van der Waals surface area contributed by atoms with Crippen LogP contribution in [-0.4, -0.2) is 44.0 Å². The molecular weight excluding hydrogens is 246 g/mol. The molecule has 0 spiro atoms. The maximum absolute atomic E-state index is 12.1. The Balaban J connectivity index is 1.92. The molecule has 1 aliphatic heterocycles. The highest BCUT2D eigenvalue weighted by molar-refractivity contribution is 5.84. The first kappa shape index (κ1) is 13.6. The van der Waals surface area contributed by atoms with E-state index < -0.39 is 12.0 Å². The Kier molecular flexibility index (Phi) is 4.19. The maximum atomic E-state index is 12.1. The number of hydrogen-bond donors (Lipinski definition) is 1. The molecule has 0 aromatic carbocycles. The molecular formula is C13H19N3O3. The van der Waals surface area contributed by atoms with Gasteiger partial charge >= 0.3 is 5.97 Å². The fourth-order valence-corrected chi connectivity index (χ4v) is 2.54. The Labute approximate surface area is 112 Å². The molecule has 1 aliphatic rings. The number of imidazole rings is 1. The fraction of sp³-hybridized carbons (Fsp3) is 0.615. The largest absolute Gasteiger partial charge is 0.480 e. The van der Waals surface area contributed by atoms with E-state index >= 15 is 0 Å². The van der Waals surface area contributed by atoms with Crippen molar-refractivity contribution in [1.82, 2.24) is 14.5 Å². The number of aryl methyl sites for hydroxylation is 2. The van der Waals surface area contributed by atoms with E-state index in [1.54, 1.807) is 6.20 Å². The van der Waals surface area contributed by atoms with Gasteiger partial charge in [-0.05, 0) is 12.8 Å². The smallest absolute Gasteiger partial charge is 0.326 e. The molecule has 1 amide bonds. The predicted octanol–water partition coefficient (Wildman–Crippen LogP) is 0.911. The third-order valence-corrected chi connectivity index (χ3v) is 3.54. The van der Waals surface area contributed by atoms with Gasteiger partial charge in [0.15, 0.2) is 0 Å². The van der Waals surface area contributed by atoms with Crippen LogP contribution in [-0.2, 0) is 22.6 Å². The second-order valence-corrected chi connectivity index (χ2v) is 4.72. The summed E-state index contributed by atoms with van der Waals surface area (Å²) in [6, 6.07) is -0.638. The number of carbonyl (C=O) groups is 2. The van der Waals surface area contributed by atoms with Gasteiger partial charge in [0.2, 0.25) is 5.91 Å². The number of carboxylic acids is 1. The molecule has 1 fully saturated rings. The van der Waals surface area contributed by atoms with E-state index in [-0.39, 0.29) is 5.91 Å². The average Bonchev–Trinajstić information content (AvgIpc) is 3.04. The van der Waals surface area contributed by atoms with E-state index in [0.29, 0.717) is 25.9 Å². The molecule has 1 saturated heterocycles. The van der Waals surface area contributed by atoms with Gasteiger partial charge in [-0.3, -0.25) is 4.79 Å². The van der Waals surface area contributed by atoms with Crippen molar-refractivity contribution in [1.29, 1.82) is 0 Å². The number of likely N-dealkylation sites (tertiary alicyclic amines) is 1. The van der Waals surface area contributed by atoms with Gasteiger partial charge in [0.1, 0.15) is 11.9 Å². The molecule has 1 N–H and O–H groups in total. The van der Waals surface area contributed by atoms with Gasteiger partial charge in [0.25, 0.3) is 0 Å². The summed E-state index contributed by atoms with van der Waals surface area (Å²) in [4.78, 5) is 28.8. The molecule has 0 bridgehead atoms. The third kappa shape index (κ3) is 2.94. The minimum absolute atomic E-state index is 0.0827. The predicted molar refractivity (Wildman–Crippen MR) is 68.6 cm³/mol. The SMILES string of the molecule is CCc1nccn1CCC(=O)N1CCC[C@H]1C(=O)O. The van der Waals surface area contributed by atoms with Crippen molar-refractivity contribution in [3.05, 3.63) is 18.2 Å². The van der Waals surface area contributed by atoms with Crippen LogP contribution in [0.5, 0.6) is 0 Å². The van der Waals surface area contributed by atoms with E-state index in [1.165, 1.54) is 4.90 Å². The zero-order chi connectivity index (χ0) is 13.8. The highest BCUT2D eigenvalue weighted by atomic mass is 16.4. The zero-order valence-corrected chi connectivity index (χ0v) is 11.1. The summed E-state index contributed by atoms with van der Waals surface area (Å²) in [7, 11) is 0. The second-order valence-electron chi connectivity index (χ2n) is 4.72. The molecule has 0 radical (unpaired) electrons. The van der Waals surface area contributed by atoms with E-state index in [9.17, 15) is 9.59 Å². The van der Waals surface area contributed by atoms with E-state index in [2.05, 4.69) is 4.98 Å². The molecule has 1 aromatic heterocycles. The van der Waals surface area contributed by atoms with Crippen molar-refractivity contribution in [3.63, 3.8) is 0 Å². The van der Waals surface area contributed by atoms with Gasteiger partial charge < -0.3 is 14.6 Å². The van der Waals surface area contributed by atoms with Gasteiger partial charge in [-0.25, -0.2) is 9.78 Å². The van der Waals surface area contributed by atoms with Crippen LogP contribution in [0.3, 0.4) is 0 Å². The molecule has 2 heterocycles. The standard InChI is InChI=1S/C13H19N3O3/c1-2-11-14-6-9-15(11)8-5-12(17)16-7-3-4-10(16)13(18)19/h6,9-10H,2-5,7-8H2,1H3,(H,18,19)/t10-/m0/s1. The number of carbonyl (C=O) groups excluding carboxylic acids is 1. The third-order valence-electron chi connectivity index (χ3n) is 3.54. The van der Waals surface area contributed by atoms with Crippen molar-refractivity contribution < 1.29 is 14.7 Å². The first-order valence-corrected chi connectivity index (χ1v) is 6.65. The highest BCUT2D eigenvalue weighted by Crippen LogP contribution is 2.18. The summed E-state index contributed by atoms with van der Waals surface area (Å²) in [5.41, 5.74) is 0. The van der Waals surface area contributed by atoms with E-state index in [1.807, 2.05) is 17.7 Å². The summed E-state index contributed by atoms with van der Waals surface area (Å²) in [6.07, 6.45) is 6.06. The quantitative estimate of drug-likeness (QED) is 0.858. The lowest BCUT2D eigenvalue weighted by Gasteiger charge is -2.21. The van der Waals surface area contributed by atoms with Crippen LogP contribution < -0.4 is 0 Å². The highest BCUT2D eigenvalue weighted by Gasteiger charge is 2.33. The van der Waals surface area contributed by atoms with Crippen LogP contribution in [0.2, 0.25) is 0 Å². The van der Waals surface area contributed by atoms with Gasteiger partial charge in [-0.2, -0.15) is 0 Å². The summed E-state index contributed by atoms with van der Waals surface area (Å²) >= 11 is 0. The molecule has 0 aliphatic carbocycles. The molecule has 1 aromatic rings. The van der Waals surface area contributed by atoms with Gasteiger partial charge in [0.05, 0.1) is 0 Å². The first-order valence-electron chi connectivity index (χ1n) is 6.65. The molecule has 19 heavy (non-hydrogen) atoms. The van der Waals surface area contributed by atoms with Crippen LogP contribution in [0.15, 0.2) is 12.4 Å². The minimum atomic E-state index is -0.900. The van der Waals surface area contributed by atoms with E-state index in [4.69, 9.17) is 5.11 Å². The van der Waals surface area contributed by atoms with Crippen LogP contribution in [0.4, 0.5) is 0 Å². The molecule has 0 unspecified atom stereocenters. The number of aromatic nitrogens is 2. The monoisotopic (exact) mass is 265 g/mol. The topological polar surface area (TPSA) is 75.4 Å². The first-order chi connectivity index (χ1) is 9.13. The summed E-state index contributed by atoms with van der Waals surface area (Å²) in [6.45, 7) is 3.13. The Bertz CT molecular complexity index is 469. The van der Waals surface area contributed by atoms with Crippen LogP contribution in [0.1, 0.15) is 32.0 Å². The van der Waals surface area contributed by atoms with Gasteiger partial charge in [-0.15, -0.1) is 0 Å².